The third kappa shape index (κ3) is 3.63. The topological polar surface area (TPSA) is 77.5 Å². The second-order valence-electron chi connectivity index (χ2n) is 5.40. The number of hydrogen-bond donors (Lipinski definition) is 0. The van der Waals surface area contributed by atoms with Gasteiger partial charge in [0.25, 0.3) is 9.05 Å². The van der Waals surface area contributed by atoms with E-state index in [0.717, 1.165) is 5.56 Å². The molecule has 0 fully saturated rings. The van der Waals surface area contributed by atoms with Crippen molar-refractivity contribution in [2.75, 3.05) is 0 Å². The molecule has 0 aliphatic rings. The van der Waals surface area contributed by atoms with Crippen molar-refractivity contribution in [3.05, 3.63) is 66.2 Å². The molecule has 0 spiro atoms. The van der Waals surface area contributed by atoms with Crippen LogP contribution in [0.3, 0.4) is 0 Å². The first kappa shape index (κ1) is 17.7. The summed E-state index contributed by atoms with van der Waals surface area (Å²) in [6.45, 7) is 1.84. The fourth-order valence-corrected chi connectivity index (χ4v) is 4.44. The van der Waals surface area contributed by atoms with Gasteiger partial charge in [0, 0.05) is 21.5 Å². The highest BCUT2D eigenvalue weighted by atomic mass is 35.7. The normalized spacial score (nSPS) is 12.2. The zero-order valence-electron chi connectivity index (χ0n) is 13.0. The van der Waals surface area contributed by atoms with Gasteiger partial charge in [0.05, 0.1) is 4.90 Å². The molecule has 0 aliphatic heterocycles. The minimum absolute atomic E-state index is 0.0104. The van der Waals surface area contributed by atoms with Gasteiger partial charge in [-0.1, -0.05) is 42.0 Å². The summed E-state index contributed by atoms with van der Waals surface area (Å²) < 4.78 is 53.6. The Labute approximate surface area is 150 Å². The number of fused-ring (bicyclic) bond motifs is 1. The van der Waals surface area contributed by atoms with Crippen molar-refractivity contribution < 1.29 is 21.0 Å². The molecule has 3 aromatic rings. The fourth-order valence-electron chi connectivity index (χ4n) is 2.41. The maximum absolute atomic E-state index is 12.5. The van der Waals surface area contributed by atoms with Gasteiger partial charge in [0.2, 0.25) is 0 Å². The lowest BCUT2D eigenvalue weighted by Gasteiger charge is -2.11. The zero-order valence-corrected chi connectivity index (χ0v) is 15.4. The second-order valence-corrected chi connectivity index (χ2v) is 9.48. The molecule has 0 saturated carbocycles. The smallest absolute Gasteiger partial charge is 0.339 e. The van der Waals surface area contributed by atoms with Crippen LogP contribution in [-0.4, -0.2) is 16.8 Å². The van der Waals surface area contributed by atoms with Crippen LogP contribution in [0.2, 0.25) is 0 Å². The van der Waals surface area contributed by atoms with E-state index in [9.17, 15) is 16.8 Å². The molecule has 0 heterocycles. The predicted octanol–water partition coefficient (Wildman–Crippen LogP) is 3.84. The van der Waals surface area contributed by atoms with Crippen molar-refractivity contribution in [3.8, 4) is 5.75 Å². The Morgan fingerprint density at radius 2 is 1.40 bits per heavy atom. The van der Waals surface area contributed by atoms with Gasteiger partial charge in [-0.25, -0.2) is 8.42 Å². The largest absolute Gasteiger partial charge is 0.378 e. The molecule has 8 heteroatoms. The Balaban J connectivity index is 2.13. The number of halogens is 1. The van der Waals surface area contributed by atoms with Gasteiger partial charge in [-0.2, -0.15) is 8.42 Å². The molecule has 0 atom stereocenters. The van der Waals surface area contributed by atoms with E-state index in [2.05, 4.69) is 0 Å². The van der Waals surface area contributed by atoms with E-state index < -0.39 is 19.2 Å². The average molecular weight is 397 g/mol. The Bertz CT molecular complexity index is 1150. The summed E-state index contributed by atoms with van der Waals surface area (Å²) in [4.78, 5) is -0.0962. The van der Waals surface area contributed by atoms with Gasteiger partial charge in [0.15, 0.2) is 5.75 Å². The molecular weight excluding hydrogens is 384 g/mol. The summed E-state index contributed by atoms with van der Waals surface area (Å²) in [6.07, 6.45) is 0. The fraction of sp³-hybridized carbons (Fsp3) is 0.0588. The van der Waals surface area contributed by atoms with Crippen LogP contribution in [0.4, 0.5) is 0 Å². The molecule has 0 radical (unpaired) electrons. The number of aryl methyl sites for hydroxylation is 1. The molecule has 0 amide bonds. The molecule has 3 rings (SSSR count). The number of rotatable bonds is 4. The third-order valence-corrected chi connectivity index (χ3v) is 6.24. The highest BCUT2D eigenvalue weighted by Gasteiger charge is 2.20. The molecule has 3 aromatic carbocycles. The lowest BCUT2D eigenvalue weighted by atomic mass is 10.1. The minimum Gasteiger partial charge on any atom is -0.378 e. The van der Waals surface area contributed by atoms with Crippen LogP contribution in [-0.2, 0) is 19.2 Å². The molecule has 25 heavy (non-hydrogen) atoms. The van der Waals surface area contributed by atoms with Crippen LogP contribution in [0.1, 0.15) is 5.56 Å². The monoisotopic (exact) mass is 396 g/mol. The summed E-state index contributed by atoms with van der Waals surface area (Å²) in [5.74, 6) is 0.0280. The van der Waals surface area contributed by atoms with Crippen LogP contribution in [0.15, 0.2) is 70.5 Å². The summed E-state index contributed by atoms with van der Waals surface area (Å²) >= 11 is 0. The van der Waals surface area contributed by atoms with Crippen LogP contribution in [0.25, 0.3) is 10.8 Å². The van der Waals surface area contributed by atoms with Crippen LogP contribution in [0, 0.1) is 6.92 Å². The first-order valence-corrected chi connectivity index (χ1v) is 10.9. The van der Waals surface area contributed by atoms with Gasteiger partial charge in [-0.15, -0.1) is 0 Å². The van der Waals surface area contributed by atoms with Crippen molar-refractivity contribution in [2.45, 2.75) is 16.7 Å². The SMILES string of the molecule is Cc1ccc(S(=O)(=O)Oc2cccc3c(S(=O)(=O)Cl)cccc23)cc1. The average Bonchev–Trinajstić information content (AvgIpc) is 2.54. The molecule has 5 nitrogen and oxygen atoms in total. The highest BCUT2D eigenvalue weighted by molar-refractivity contribution is 8.14. The van der Waals surface area contributed by atoms with Crippen LogP contribution >= 0.6 is 10.7 Å². The Morgan fingerprint density at radius 3 is 2.04 bits per heavy atom. The highest BCUT2D eigenvalue weighted by Crippen LogP contribution is 2.33. The molecule has 0 saturated heterocycles. The lowest BCUT2D eigenvalue weighted by Crippen LogP contribution is -2.10. The summed E-state index contributed by atoms with van der Waals surface area (Å²) in [6, 6.07) is 15.1. The second kappa shape index (κ2) is 6.33. The van der Waals surface area contributed by atoms with Crippen LogP contribution in [0.5, 0.6) is 5.75 Å². The number of benzene rings is 3. The van der Waals surface area contributed by atoms with E-state index in [1.807, 2.05) is 6.92 Å². The van der Waals surface area contributed by atoms with Gasteiger partial charge >= 0.3 is 10.1 Å². The van der Waals surface area contributed by atoms with Gasteiger partial charge in [0.1, 0.15) is 4.90 Å². The van der Waals surface area contributed by atoms with Crippen LogP contribution < -0.4 is 4.18 Å². The van der Waals surface area contributed by atoms with Crippen molar-refractivity contribution >= 4 is 40.6 Å². The van der Waals surface area contributed by atoms with E-state index in [-0.39, 0.29) is 20.9 Å². The van der Waals surface area contributed by atoms with Crippen molar-refractivity contribution in [1.82, 2.24) is 0 Å². The van der Waals surface area contributed by atoms with Crippen molar-refractivity contribution in [3.63, 3.8) is 0 Å². The molecule has 0 bridgehead atoms. The van der Waals surface area contributed by atoms with E-state index in [1.54, 1.807) is 18.2 Å². The molecule has 0 aliphatic carbocycles. The standard InChI is InChI=1S/C17H13ClO5S2/c1-12-8-10-13(11-9-12)25(21,22)23-16-6-2-5-15-14(16)4-3-7-17(15)24(18,19)20/h2-11H,1H3. The summed E-state index contributed by atoms with van der Waals surface area (Å²) in [7, 11) is -2.59. The minimum atomic E-state index is -4.05. The van der Waals surface area contributed by atoms with Gasteiger partial charge in [-0.3, -0.25) is 0 Å². The van der Waals surface area contributed by atoms with Gasteiger partial charge < -0.3 is 4.18 Å². The zero-order chi connectivity index (χ0) is 18.2. The van der Waals surface area contributed by atoms with E-state index in [0.29, 0.717) is 5.39 Å². The Morgan fingerprint density at radius 1 is 0.800 bits per heavy atom. The van der Waals surface area contributed by atoms with E-state index >= 15 is 0 Å². The van der Waals surface area contributed by atoms with Crippen molar-refractivity contribution in [1.29, 1.82) is 0 Å². The Hall–Kier alpha value is -2.09. The van der Waals surface area contributed by atoms with E-state index in [4.69, 9.17) is 14.9 Å². The predicted molar refractivity (Wildman–Crippen MR) is 96.0 cm³/mol. The maximum atomic E-state index is 12.5. The summed E-state index contributed by atoms with van der Waals surface area (Å²) in [5, 5.41) is 0.619. The first-order chi connectivity index (χ1) is 11.7. The van der Waals surface area contributed by atoms with E-state index in [1.165, 1.54) is 42.5 Å². The molecular formula is C17H13ClO5S2. The molecule has 130 valence electrons. The third-order valence-electron chi connectivity index (χ3n) is 3.61. The van der Waals surface area contributed by atoms with Crippen molar-refractivity contribution in [2.24, 2.45) is 0 Å². The summed E-state index contributed by atoms with van der Waals surface area (Å²) in [5.41, 5.74) is 0.918. The molecule has 0 N–H and O–H groups in total. The maximum Gasteiger partial charge on any atom is 0.339 e. The lowest BCUT2D eigenvalue weighted by molar-refractivity contribution is 0.488. The Kier molecular flexibility index (Phi) is 4.49. The quantitative estimate of drug-likeness (QED) is 0.494. The number of hydrogen-bond acceptors (Lipinski definition) is 5. The molecule has 0 aromatic heterocycles. The molecule has 0 unspecified atom stereocenters. The van der Waals surface area contributed by atoms with Gasteiger partial charge in [-0.05, 0) is 31.2 Å². The first-order valence-electron chi connectivity index (χ1n) is 7.16.